The molecule has 90 valence electrons. The average molecular weight is 226 g/mol. The number of carbonyl (C=O) groups is 2. The summed E-state index contributed by atoms with van der Waals surface area (Å²) in [5, 5.41) is 8.87. The maximum absolute atomic E-state index is 12.1. The van der Waals surface area contributed by atoms with Crippen LogP contribution in [-0.4, -0.2) is 53.6 Å². The van der Waals surface area contributed by atoms with Crippen molar-refractivity contribution in [1.29, 1.82) is 0 Å². The Morgan fingerprint density at radius 1 is 1.25 bits per heavy atom. The Morgan fingerprint density at radius 3 is 2.44 bits per heavy atom. The first-order valence-corrected chi connectivity index (χ1v) is 5.79. The fraction of sp³-hybridized carbons (Fsp3) is 0.818. The highest BCUT2D eigenvalue weighted by molar-refractivity contribution is 5.83. The van der Waals surface area contributed by atoms with Crippen molar-refractivity contribution in [2.75, 3.05) is 26.7 Å². The second kappa shape index (κ2) is 3.96. The molecule has 2 amide bonds. The molecule has 0 aromatic rings. The van der Waals surface area contributed by atoms with Gasteiger partial charge in [0.25, 0.3) is 0 Å². The van der Waals surface area contributed by atoms with Crippen molar-refractivity contribution in [3.05, 3.63) is 0 Å². The minimum absolute atomic E-state index is 0.212. The normalized spacial score (nSPS) is 24.9. The van der Waals surface area contributed by atoms with Crippen molar-refractivity contribution in [3.63, 3.8) is 0 Å². The zero-order valence-electron chi connectivity index (χ0n) is 9.61. The van der Waals surface area contributed by atoms with Crippen LogP contribution >= 0.6 is 0 Å². The van der Waals surface area contributed by atoms with Gasteiger partial charge in [0, 0.05) is 26.7 Å². The smallest absolute Gasteiger partial charge is 0.407 e. The molecule has 2 aliphatic heterocycles. The lowest BCUT2D eigenvalue weighted by molar-refractivity contribution is -0.147. The van der Waals surface area contributed by atoms with Gasteiger partial charge in [0.05, 0.1) is 5.41 Å². The molecule has 2 fully saturated rings. The molecule has 2 heterocycles. The summed E-state index contributed by atoms with van der Waals surface area (Å²) in [5.74, 6) is 0.212. The predicted molar refractivity (Wildman–Crippen MR) is 58.1 cm³/mol. The van der Waals surface area contributed by atoms with Gasteiger partial charge in [-0.05, 0) is 25.7 Å². The third kappa shape index (κ3) is 1.74. The van der Waals surface area contributed by atoms with Crippen LogP contribution in [0.15, 0.2) is 0 Å². The highest BCUT2D eigenvalue weighted by Gasteiger charge is 2.45. The Bertz CT molecular complexity index is 308. The van der Waals surface area contributed by atoms with Gasteiger partial charge < -0.3 is 14.9 Å². The monoisotopic (exact) mass is 226 g/mol. The summed E-state index contributed by atoms with van der Waals surface area (Å²) in [6.07, 6.45) is 2.45. The van der Waals surface area contributed by atoms with Gasteiger partial charge in [0.1, 0.15) is 0 Å². The lowest BCUT2D eigenvalue weighted by Gasteiger charge is -2.44. The molecule has 5 nitrogen and oxygen atoms in total. The van der Waals surface area contributed by atoms with Gasteiger partial charge in [-0.3, -0.25) is 4.79 Å². The fourth-order valence-corrected chi connectivity index (χ4v) is 2.86. The number of rotatable bonds is 0. The van der Waals surface area contributed by atoms with E-state index < -0.39 is 6.09 Å². The summed E-state index contributed by atoms with van der Waals surface area (Å²) in [6.45, 7) is 1.83. The number of carboxylic acid groups (broad SMARTS) is 1. The fourth-order valence-electron chi connectivity index (χ4n) is 2.86. The SMILES string of the molecule is CN1CCCC2(CCN(C(=O)O)CC2)C1=O. The summed E-state index contributed by atoms with van der Waals surface area (Å²) >= 11 is 0. The van der Waals surface area contributed by atoms with E-state index in [9.17, 15) is 9.59 Å². The van der Waals surface area contributed by atoms with Crippen molar-refractivity contribution in [1.82, 2.24) is 9.80 Å². The van der Waals surface area contributed by atoms with Crippen molar-refractivity contribution in [2.24, 2.45) is 5.41 Å². The first-order chi connectivity index (χ1) is 7.55. The molecule has 1 spiro atoms. The van der Waals surface area contributed by atoms with Gasteiger partial charge in [-0.15, -0.1) is 0 Å². The summed E-state index contributed by atoms with van der Waals surface area (Å²) in [5.41, 5.74) is -0.265. The van der Waals surface area contributed by atoms with E-state index in [1.165, 1.54) is 4.90 Å². The quantitative estimate of drug-likeness (QED) is 0.670. The minimum Gasteiger partial charge on any atom is -0.465 e. The molecule has 0 aromatic carbocycles. The van der Waals surface area contributed by atoms with Gasteiger partial charge in [-0.1, -0.05) is 0 Å². The summed E-state index contributed by atoms with van der Waals surface area (Å²) in [4.78, 5) is 26.1. The van der Waals surface area contributed by atoms with Crippen LogP contribution in [0.25, 0.3) is 0 Å². The van der Waals surface area contributed by atoms with Crippen molar-refractivity contribution >= 4 is 12.0 Å². The van der Waals surface area contributed by atoms with Gasteiger partial charge in [-0.25, -0.2) is 4.79 Å². The molecular formula is C11H18N2O3. The van der Waals surface area contributed by atoms with Gasteiger partial charge >= 0.3 is 6.09 Å². The maximum atomic E-state index is 12.1. The number of carbonyl (C=O) groups excluding carboxylic acids is 1. The largest absolute Gasteiger partial charge is 0.465 e. The van der Waals surface area contributed by atoms with Crippen LogP contribution in [0.2, 0.25) is 0 Å². The maximum Gasteiger partial charge on any atom is 0.407 e. The van der Waals surface area contributed by atoms with E-state index in [2.05, 4.69) is 0 Å². The van der Waals surface area contributed by atoms with Crippen LogP contribution < -0.4 is 0 Å². The molecular weight excluding hydrogens is 208 g/mol. The van der Waals surface area contributed by atoms with Gasteiger partial charge in [-0.2, -0.15) is 0 Å². The van der Waals surface area contributed by atoms with Crippen LogP contribution in [0.5, 0.6) is 0 Å². The molecule has 5 heteroatoms. The number of hydrogen-bond donors (Lipinski definition) is 1. The van der Waals surface area contributed by atoms with E-state index in [1.807, 2.05) is 7.05 Å². The van der Waals surface area contributed by atoms with E-state index in [0.717, 1.165) is 19.4 Å². The molecule has 1 N–H and O–H groups in total. The van der Waals surface area contributed by atoms with E-state index in [-0.39, 0.29) is 11.3 Å². The zero-order chi connectivity index (χ0) is 11.8. The summed E-state index contributed by atoms with van der Waals surface area (Å²) < 4.78 is 0. The van der Waals surface area contributed by atoms with Crippen LogP contribution in [0.1, 0.15) is 25.7 Å². The third-order valence-corrected chi connectivity index (χ3v) is 3.94. The highest BCUT2D eigenvalue weighted by atomic mass is 16.4. The number of piperidine rings is 2. The second-order valence-corrected chi connectivity index (χ2v) is 4.88. The topological polar surface area (TPSA) is 60.9 Å². The molecule has 0 bridgehead atoms. The van der Waals surface area contributed by atoms with E-state index in [0.29, 0.717) is 25.9 Å². The first kappa shape index (κ1) is 11.2. The molecule has 0 saturated carbocycles. The van der Waals surface area contributed by atoms with Gasteiger partial charge in [0.15, 0.2) is 0 Å². The minimum atomic E-state index is -0.869. The van der Waals surface area contributed by atoms with Crippen LogP contribution in [0, 0.1) is 5.41 Å². The van der Waals surface area contributed by atoms with Crippen LogP contribution in [-0.2, 0) is 4.79 Å². The van der Waals surface area contributed by atoms with Crippen LogP contribution in [0.3, 0.4) is 0 Å². The lowest BCUT2D eigenvalue weighted by atomic mass is 9.72. The number of likely N-dealkylation sites (tertiary alicyclic amines) is 2. The molecule has 2 saturated heterocycles. The first-order valence-electron chi connectivity index (χ1n) is 5.79. The standard InChI is InChI=1S/C11H18N2O3/c1-12-6-2-3-11(9(12)14)4-7-13(8-5-11)10(15)16/h2-8H2,1H3,(H,15,16). The Balaban J connectivity index is 2.05. The molecule has 0 radical (unpaired) electrons. The molecule has 0 aliphatic carbocycles. The Kier molecular flexibility index (Phi) is 2.78. The molecule has 0 atom stereocenters. The summed E-state index contributed by atoms with van der Waals surface area (Å²) in [7, 11) is 1.84. The Hall–Kier alpha value is -1.26. The second-order valence-electron chi connectivity index (χ2n) is 4.88. The number of nitrogens with zero attached hydrogens (tertiary/aromatic N) is 2. The Labute approximate surface area is 95.0 Å². The van der Waals surface area contributed by atoms with Crippen molar-refractivity contribution in [3.8, 4) is 0 Å². The molecule has 0 unspecified atom stereocenters. The molecule has 2 rings (SSSR count). The predicted octanol–water partition coefficient (Wildman–Crippen LogP) is 0.999. The molecule has 16 heavy (non-hydrogen) atoms. The van der Waals surface area contributed by atoms with Crippen molar-refractivity contribution in [2.45, 2.75) is 25.7 Å². The summed E-state index contributed by atoms with van der Waals surface area (Å²) in [6, 6.07) is 0. The van der Waals surface area contributed by atoms with Gasteiger partial charge in [0.2, 0.25) is 5.91 Å². The van der Waals surface area contributed by atoms with E-state index >= 15 is 0 Å². The average Bonchev–Trinajstić information content (AvgIpc) is 2.27. The number of amides is 2. The molecule has 2 aliphatic rings. The van der Waals surface area contributed by atoms with E-state index in [1.54, 1.807) is 4.90 Å². The highest BCUT2D eigenvalue weighted by Crippen LogP contribution is 2.40. The number of hydrogen-bond acceptors (Lipinski definition) is 2. The molecule has 0 aromatic heterocycles. The Morgan fingerprint density at radius 2 is 1.88 bits per heavy atom. The lowest BCUT2D eigenvalue weighted by Crippen LogP contribution is -2.53. The third-order valence-electron chi connectivity index (χ3n) is 3.94. The zero-order valence-corrected chi connectivity index (χ0v) is 9.61. The van der Waals surface area contributed by atoms with Crippen molar-refractivity contribution < 1.29 is 14.7 Å². The van der Waals surface area contributed by atoms with E-state index in [4.69, 9.17) is 5.11 Å². The van der Waals surface area contributed by atoms with Crippen LogP contribution in [0.4, 0.5) is 4.79 Å².